The molecule has 1 aromatic rings. The van der Waals surface area contributed by atoms with Gasteiger partial charge in [-0.2, -0.15) is 0 Å². The zero-order valence-electron chi connectivity index (χ0n) is 12.1. The summed E-state index contributed by atoms with van der Waals surface area (Å²) >= 11 is 3.38. The molecule has 5 nitrogen and oxygen atoms in total. The molecule has 114 valence electrons. The fraction of sp³-hybridized carbons (Fsp3) is 0.467. The summed E-state index contributed by atoms with van der Waals surface area (Å²) in [5.41, 5.74) is 0.491. The molecule has 2 rings (SSSR count). The first-order valence-corrected chi connectivity index (χ1v) is 7.60. The van der Waals surface area contributed by atoms with E-state index in [1.165, 1.54) is 7.11 Å². The molecule has 0 spiro atoms. The maximum atomic E-state index is 12.8. The summed E-state index contributed by atoms with van der Waals surface area (Å²) in [5.74, 6) is 0.0612. The van der Waals surface area contributed by atoms with E-state index in [2.05, 4.69) is 15.9 Å². The van der Waals surface area contributed by atoms with E-state index in [1.807, 2.05) is 0 Å². The van der Waals surface area contributed by atoms with Crippen molar-refractivity contribution in [1.29, 1.82) is 0 Å². The quantitative estimate of drug-likeness (QED) is 0.782. The molecule has 1 aromatic carbocycles. The first-order valence-electron chi connectivity index (χ1n) is 6.80. The number of hydrogen-bond acceptors (Lipinski definition) is 4. The van der Waals surface area contributed by atoms with E-state index in [0.717, 1.165) is 12.8 Å². The van der Waals surface area contributed by atoms with Crippen molar-refractivity contribution in [3.05, 3.63) is 28.2 Å². The molecule has 1 saturated heterocycles. The normalized spacial score (nSPS) is 18.2. The maximum absolute atomic E-state index is 12.8. The van der Waals surface area contributed by atoms with Crippen LogP contribution >= 0.6 is 15.9 Å². The van der Waals surface area contributed by atoms with Crippen LogP contribution in [-0.2, 0) is 9.53 Å². The van der Waals surface area contributed by atoms with Crippen molar-refractivity contribution in [2.24, 2.45) is 0 Å². The minimum Gasteiger partial charge on any atom is -0.497 e. The number of amides is 1. The molecule has 0 unspecified atom stereocenters. The highest BCUT2D eigenvalue weighted by atomic mass is 79.9. The van der Waals surface area contributed by atoms with Crippen LogP contribution in [0, 0.1) is 0 Å². The Morgan fingerprint density at radius 1 is 1.29 bits per heavy atom. The first-order chi connectivity index (χ1) is 10.1. The largest absolute Gasteiger partial charge is 0.497 e. The first kappa shape index (κ1) is 15.8. The van der Waals surface area contributed by atoms with Gasteiger partial charge in [-0.3, -0.25) is 4.79 Å². The van der Waals surface area contributed by atoms with Crippen LogP contribution in [0.5, 0.6) is 5.75 Å². The number of methoxy groups -OCH3 is 2. The average Bonchev–Trinajstić information content (AvgIpc) is 2.54. The second-order valence-electron chi connectivity index (χ2n) is 4.88. The third kappa shape index (κ3) is 3.37. The summed E-state index contributed by atoms with van der Waals surface area (Å²) in [6, 6.07) is 4.71. The molecule has 1 aliphatic heterocycles. The number of esters is 1. The van der Waals surface area contributed by atoms with Gasteiger partial charge in [0.15, 0.2) is 0 Å². The van der Waals surface area contributed by atoms with Crippen LogP contribution < -0.4 is 4.74 Å². The highest BCUT2D eigenvalue weighted by molar-refractivity contribution is 9.10. The highest BCUT2D eigenvalue weighted by Crippen LogP contribution is 2.27. The molecule has 0 radical (unpaired) electrons. The molecule has 6 heteroatoms. The Morgan fingerprint density at radius 2 is 2.05 bits per heavy atom. The zero-order chi connectivity index (χ0) is 15.4. The van der Waals surface area contributed by atoms with Gasteiger partial charge in [0.25, 0.3) is 5.91 Å². The lowest BCUT2D eigenvalue weighted by Crippen LogP contribution is -2.48. The van der Waals surface area contributed by atoms with Crippen molar-refractivity contribution in [2.45, 2.75) is 25.3 Å². The van der Waals surface area contributed by atoms with Crippen LogP contribution in [-0.4, -0.2) is 43.6 Å². The standard InChI is InChI=1S/C15H18BrNO4/c1-20-10-6-7-12(16)11(9-10)14(18)17-8-4-3-5-13(17)15(19)21-2/h6-7,9,13H,3-5,8H2,1-2H3/t13-/m1/s1. The molecule has 1 amide bonds. The Bertz CT molecular complexity index is 546. The molecule has 0 aliphatic carbocycles. The van der Waals surface area contributed by atoms with Crippen LogP contribution in [0.25, 0.3) is 0 Å². The maximum Gasteiger partial charge on any atom is 0.328 e. The number of rotatable bonds is 3. The van der Waals surface area contributed by atoms with Crippen molar-refractivity contribution in [2.75, 3.05) is 20.8 Å². The van der Waals surface area contributed by atoms with Gasteiger partial charge in [0.05, 0.1) is 19.8 Å². The molecule has 0 saturated carbocycles. The fourth-order valence-electron chi connectivity index (χ4n) is 2.51. The van der Waals surface area contributed by atoms with Crippen molar-refractivity contribution < 1.29 is 19.1 Å². The molecule has 0 aromatic heterocycles. The molecule has 1 aliphatic rings. The van der Waals surface area contributed by atoms with Gasteiger partial charge in [-0.15, -0.1) is 0 Å². The Hall–Kier alpha value is -1.56. The number of piperidine rings is 1. The van der Waals surface area contributed by atoms with Crippen LogP contribution in [0.2, 0.25) is 0 Å². The summed E-state index contributed by atoms with van der Waals surface area (Å²) in [6.45, 7) is 0.558. The Balaban J connectivity index is 2.30. The van der Waals surface area contributed by atoms with Crippen LogP contribution in [0.3, 0.4) is 0 Å². The lowest BCUT2D eigenvalue weighted by molar-refractivity contribution is -0.147. The second kappa shape index (κ2) is 6.93. The van der Waals surface area contributed by atoms with Crippen molar-refractivity contribution in [3.8, 4) is 5.75 Å². The molecule has 1 atom stereocenters. The SMILES string of the molecule is COC(=O)[C@H]1CCCCN1C(=O)c1cc(OC)ccc1Br. The van der Waals surface area contributed by atoms with E-state index in [4.69, 9.17) is 9.47 Å². The number of ether oxygens (including phenoxy) is 2. The minimum atomic E-state index is -0.505. The summed E-state index contributed by atoms with van der Waals surface area (Å²) < 4.78 is 10.7. The number of hydrogen-bond donors (Lipinski definition) is 0. The molecule has 0 N–H and O–H groups in total. The lowest BCUT2D eigenvalue weighted by Gasteiger charge is -2.34. The Morgan fingerprint density at radius 3 is 2.71 bits per heavy atom. The van der Waals surface area contributed by atoms with E-state index in [-0.39, 0.29) is 11.9 Å². The predicted molar refractivity (Wildman–Crippen MR) is 81.4 cm³/mol. The Kier molecular flexibility index (Phi) is 5.22. The van der Waals surface area contributed by atoms with Gasteiger partial charge < -0.3 is 14.4 Å². The number of carbonyl (C=O) groups is 2. The number of likely N-dealkylation sites (tertiary alicyclic amines) is 1. The molecule has 21 heavy (non-hydrogen) atoms. The Labute approximate surface area is 132 Å². The van der Waals surface area contributed by atoms with E-state index in [9.17, 15) is 9.59 Å². The van der Waals surface area contributed by atoms with Crippen molar-refractivity contribution >= 4 is 27.8 Å². The minimum absolute atomic E-state index is 0.184. The van der Waals surface area contributed by atoms with Gasteiger partial charge in [0, 0.05) is 11.0 Å². The zero-order valence-corrected chi connectivity index (χ0v) is 13.7. The van der Waals surface area contributed by atoms with Crippen molar-refractivity contribution in [1.82, 2.24) is 4.90 Å². The third-order valence-electron chi connectivity index (χ3n) is 3.64. The van der Waals surface area contributed by atoms with Gasteiger partial charge in [0.2, 0.25) is 0 Å². The van der Waals surface area contributed by atoms with Gasteiger partial charge in [0.1, 0.15) is 11.8 Å². The van der Waals surface area contributed by atoms with Crippen LogP contribution in [0.4, 0.5) is 0 Å². The molecular formula is C15H18BrNO4. The van der Waals surface area contributed by atoms with Crippen molar-refractivity contribution in [3.63, 3.8) is 0 Å². The van der Waals surface area contributed by atoms with Gasteiger partial charge >= 0.3 is 5.97 Å². The summed E-state index contributed by atoms with van der Waals surface area (Å²) in [5, 5.41) is 0. The average molecular weight is 356 g/mol. The van der Waals surface area contributed by atoms with E-state index >= 15 is 0 Å². The van der Waals surface area contributed by atoms with Crippen LogP contribution in [0.15, 0.2) is 22.7 Å². The summed E-state index contributed by atoms with van der Waals surface area (Å²) in [6.07, 6.45) is 2.45. The fourth-order valence-corrected chi connectivity index (χ4v) is 2.92. The number of nitrogens with zero attached hydrogens (tertiary/aromatic N) is 1. The van der Waals surface area contributed by atoms with E-state index in [0.29, 0.717) is 28.8 Å². The highest BCUT2D eigenvalue weighted by Gasteiger charge is 2.34. The second-order valence-corrected chi connectivity index (χ2v) is 5.73. The van der Waals surface area contributed by atoms with Crippen LogP contribution in [0.1, 0.15) is 29.6 Å². The summed E-state index contributed by atoms with van der Waals surface area (Å²) in [7, 11) is 2.90. The van der Waals surface area contributed by atoms with Gasteiger partial charge in [-0.1, -0.05) is 0 Å². The van der Waals surface area contributed by atoms with E-state index in [1.54, 1.807) is 30.2 Å². The smallest absolute Gasteiger partial charge is 0.328 e. The van der Waals surface area contributed by atoms with E-state index < -0.39 is 6.04 Å². The molecule has 1 fully saturated rings. The number of carbonyl (C=O) groups excluding carboxylic acids is 2. The lowest BCUT2D eigenvalue weighted by atomic mass is 10.0. The van der Waals surface area contributed by atoms with Gasteiger partial charge in [-0.25, -0.2) is 4.79 Å². The summed E-state index contributed by atoms with van der Waals surface area (Å²) in [4.78, 5) is 26.2. The van der Waals surface area contributed by atoms with Gasteiger partial charge in [-0.05, 0) is 53.4 Å². The monoisotopic (exact) mass is 355 g/mol. The number of halogens is 1. The molecule has 1 heterocycles. The molecular weight excluding hydrogens is 338 g/mol. The predicted octanol–water partition coefficient (Wildman–Crippen LogP) is 2.63. The third-order valence-corrected chi connectivity index (χ3v) is 4.33. The topological polar surface area (TPSA) is 55.8 Å². The molecule has 0 bridgehead atoms. The number of benzene rings is 1.